The predicted octanol–water partition coefficient (Wildman–Crippen LogP) is 2.68. The van der Waals surface area contributed by atoms with Crippen LogP contribution in [0.4, 0.5) is 0 Å². The minimum Gasteiger partial charge on any atom is -0.480 e. The van der Waals surface area contributed by atoms with Crippen molar-refractivity contribution < 1.29 is 9.90 Å². The number of aryl methyl sites for hydroxylation is 1. The minimum atomic E-state index is -0.763. The van der Waals surface area contributed by atoms with Gasteiger partial charge in [-0.2, -0.15) is 11.8 Å². The van der Waals surface area contributed by atoms with Crippen molar-refractivity contribution in [1.82, 2.24) is 5.32 Å². The van der Waals surface area contributed by atoms with Crippen LogP contribution >= 0.6 is 11.8 Å². The second-order valence-corrected chi connectivity index (χ2v) is 5.32. The van der Waals surface area contributed by atoms with Crippen LogP contribution in [-0.2, 0) is 10.5 Å². The lowest BCUT2D eigenvalue weighted by Crippen LogP contribution is -2.39. The number of nitrogens with one attached hydrogen (secondary N) is 1. The number of hydrogen-bond acceptors (Lipinski definition) is 3. The van der Waals surface area contributed by atoms with E-state index >= 15 is 0 Å². The lowest BCUT2D eigenvalue weighted by atomic mass is 10.1. The molecule has 0 heterocycles. The first-order valence-electron chi connectivity index (χ1n) is 6.23. The lowest BCUT2D eigenvalue weighted by Gasteiger charge is -2.13. The van der Waals surface area contributed by atoms with E-state index in [0.29, 0.717) is 5.75 Å². The van der Waals surface area contributed by atoms with Crippen LogP contribution in [0.2, 0.25) is 0 Å². The minimum absolute atomic E-state index is 0.445. The molecule has 4 heteroatoms. The van der Waals surface area contributed by atoms with E-state index in [1.165, 1.54) is 11.1 Å². The van der Waals surface area contributed by atoms with E-state index < -0.39 is 12.0 Å². The van der Waals surface area contributed by atoms with Crippen molar-refractivity contribution in [3.05, 3.63) is 35.4 Å². The van der Waals surface area contributed by atoms with Crippen LogP contribution < -0.4 is 5.32 Å². The quantitative estimate of drug-likeness (QED) is 0.760. The third-order valence-electron chi connectivity index (χ3n) is 2.74. The topological polar surface area (TPSA) is 49.3 Å². The van der Waals surface area contributed by atoms with Gasteiger partial charge in [-0.1, -0.05) is 31.2 Å². The highest BCUT2D eigenvalue weighted by atomic mass is 32.2. The molecule has 0 bridgehead atoms. The predicted molar refractivity (Wildman–Crippen MR) is 77.1 cm³/mol. The molecule has 100 valence electrons. The summed E-state index contributed by atoms with van der Waals surface area (Å²) in [6, 6.07) is 7.77. The molecule has 1 rings (SSSR count). The first-order valence-corrected chi connectivity index (χ1v) is 7.39. The highest BCUT2D eigenvalue weighted by molar-refractivity contribution is 7.98. The van der Waals surface area contributed by atoms with Gasteiger partial charge in [-0.15, -0.1) is 0 Å². The fourth-order valence-electron chi connectivity index (χ4n) is 1.59. The normalized spacial score (nSPS) is 12.3. The molecule has 18 heavy (non-hydrogen) atoms. The van der Waals surface area contributed by atoms with Crippen molar-refractivity contribution in [1.29, 1.82) is 0 Å². The highest BCUT2D eigenvalue weighted by Crippen LogP contribution is 2.16. The van der Waals surface area contributed by atoms with Crippen LogP contribution in [-0.4, -0.2) is 29.4 Å². The second-order valence-electron chi connectivity index (χ2n) is 4.29. The number of rotatable bonds is 8. The van der Waals surface area contributed by atoms with Gasteiger partial charge >= 0.3 is 5.97 Å². The summed E-state index contributed by atoms with van der Waals surface area (Å²) in [5.41, 5.74) is 2.54. The number of hydrogen-bond donors (Lipinski definition) is 2. The summed E-state index contributed by atoms with van der Waals surface area (Å²) >= 11 is 1.66. The number of carboxylic acids is 1. The van der Waals surface area contributed by atoms with Gasteiger partial charge in [0.05, 0.1) is 0 Å². The number of carbonyl (C=O) groups is 1. The van der Waals surface area contributed by atoms with Gasteiger partial charge in [-0.25, -0.2) is 0 Å². The van der Waals surface area contributed by atoms with Crippen molar-refractivity contribution in [3.63, 3.8) is 0 Å². The van der Waals surface area contributed by atoms with Gasteiger partial charge in [-0.05, 0) is 31.0 Å². The summed E-state index contributed by atoms with van der Waals surface area (Å²) in [7, 11) is 0. The fraction of sp³-hybridized carbons (Fsp3) is 0.500. The van der Waals surface area contributed by atoms with Gasteiger partial charge in [0.15, 0.2) is 0 Å². The van der Waals surface area contributed by atoms with Gasteiger partial charge in [-0.3, -0.25) is 4.79 Å². The molecule has 0 aliphatic rings. The average molecular weight is 267 g/mol. The van der Waals surface area contributed by atoms with Gasteiger partial charge in [0, 0.05) is 11.5 Å². The molecule has 1 unspecified atom stereocenters. The summed E-state index contributed by atoms with van der Waals surface area (Å²) in [5, 5.41) is 12.1. The van der Waals surface area contributed by atoms with Crippen LogP contribution in [0.1, 0.15) is 24.5 Å². The third-order valence-corrected chi connectivity index (χ3v) is 3.83. The second kappa shape index (κ2) is 8.16. The molecule has 1 atom stereocenters. The van der Waals surface area contributed by atoms with Crippen molar-refractivity contribution in [3.8, 4) is 0 Å². The standard InChI is InChI=1S/C14H21NO2S/c1-3-8-15-13(14(16)17)10-18-9-12-7-5-4-6-11(12)2/h4-7,13,15H,3,8-10H2,1-2H3,(H,16,17). The van der Waals surface area contributed by atoms with Crippen molar-refractivity contribution >= 4 is 17.7 Å². The van der Waals surface area contributed by atoms with E-state index in [0.717, 1.165) is 18.7 Å². The van der Waals surface area contributed by atoms with Gasteiger partial charge in [0.1, 0.15) is 6.04 Å². The zero-order valence-corrected chi connectivity index (χ0v) is 11.8. The third kappa shape index (κ3) is 5.10. The Morgan fingerprint density at radius 3 is 2.78 bits per heavy atom. The zero-order chi connectivity index (χ0) is 13.4. The van der Waals surface area contributed by atoms with E-state index in [9.17, 15) is 4.79 Å². The van der Waals surface area contributed by atoms with Gasteiger partial charge in [0.25, 0.3) is 0 Å². The molecule has 0 aromatic heterocycles. The zero-order valence-electron chi connectivity index (χ0n) is 11.0. The Morgan fingerprint density at radius 1 is 1.44 bits per heavy atom. The number of thioether (sulfide) groups is 1. The van der Waals surface area contributed by atoms with Crippen molar-refractivity contribution in [2.45, 2.75) is 32.1 Å². The first kappa shape index (κ1) is 15.1. The van der Waals surface area contributed by atoms with Crippen molar-refractivity contribution in [2.75, 3.05) is 12.3 Å². The van der Waals surface area contributed by atoms with E-state index in [1.807, 2.05) is 19.1 Å². The summed E-state index contributed by atoms with van der Waals surface area (Å²) < 4.78 is 0. The summed E-state index contributed by atoms with van der Waals surface area (Å²) in [4.78, 5) is 11.0. The summed E-state index contributed by atoms with van der Waals surface area (Å²) in [6.45, 7) is 4.87. The molecule has 0 aliphatic heterocycles. The van der Waals surface area contributed by atoms with E-state index in [4.69, 9.17) is 5.11 Å². The summed E-state index contributed by atoms with van der Waals surface area (Å²) in [5.74, 6) is 0.703. The molecule has 0 saturated carbocycles. The van der Waals surface area contributed by atoms with Crippen LogP contribution in [0.25, 0.3) is 0 Å². The molecular weight excluding hydrogens is 246 g/mol. The van der Waals surface area contributed by atoms with E-state index in [2.05, 4.69) is 24.4 Å². The lowest BCUT2D eigenvalue weighted by molar-refractivity contribution is -0.138. The van der Waals surface area contributed by atoms with E-state index in [-0.39, 0.29) is 0 Å². The molecule has 1 aromatic rings. The smallest absolute Gasteiger partial charge is 0.321 e. The summed E-state index contributed by atoms with van der Waals surface area (Å²) in [6.07, 6.45) is 0.951. The molecule has 0 amide bonds. The van der Waals surface area contributed by atoms with Crippen LogP contribution in [0.15, 0.2) is 24.3 Å². The number of carboxylic acid groups (broad SMARTS) is 1. The van der Waals surface area contributed by atoms with Crippen molar-refractivity contribution in [2.24, 2.45) is 0 Å². The monoisotopic (exact) mass is 267 g/mol. The van der Waals surface area contributed by atoms with Crippen LogP contribution in [0.5, 0.6) is 0 Å². The molecule has 0 radical (unpaired) electrons. The molecule has 2 N–H and O–H groups in total. The van der Waals surface area contributed by atoms with Crippen LogP contribution in [0, 0.1) is 6.92 Å². The molecule has 3 nitrogen and oxygen atoms in total. The molecule has 0 fully saturated rings. The Balaban J connectivity index is 2.39. The van der Waals surface area contributed by atoms with E-state index in [1.54, 1.807) is 11.8 Å². The Hall–Kier alpha value is -1.00. The maximum absolute atomic E-state index is 11.0. The molecule has 0 saturated heterocycles. The fourth-order valence-corrected chi connectivity index (χ4v) is 2.75. The van der Waals surface area contributed by atoms with Gasteiger partial charge < -0.3 is 10.4 Å². The molecule has 1 aromatic carbocycles. The first-order chi connectivity index (χ1) is 8.65. The number of aliphatic carboxylic acids is 1. The molecule has 0 aliphatic carbocycles. The largest absolute Gasteiger partial charge is 0.480 e. The Bertz CT molecular complexity index is 382. The van der Waals surface area contributed by atoms with Gasteiger partial charge in [0.2, 0.25) is 0 Å². The molecular formula is C14H21NO2S. The Kier molecular flexibility index (Phi) is 6.83. The Labute approximate surface area is 113 Å². The Morgan fingerprint density at radius 2 is 2.17 bits per heavy atom. The highest BCUT2D eigenvalue weighted by Gasteiger charge is 2.15. The SMILES string of the molecule is CCCNC(CSCc1ccccc1C)C(=O)O. The molecule has 0 spiro atoms. The van der Waals surface area contributed by atoms with Crippen LogP contribution in [0.3, 0.4) is 0 Å². The number of benzene rings is 1. The average Bonchev–Trinajstić information content (AvgIpc) is 2.35. The maximum atomic E-state index is 11.0. The maximum Gasteiger partial charge on any atom is 0.321 e.